The molecule has 6 heteroatoms. The van der Waals surface area contributed by atoms with Gasteiger partial charge in [-0.2, -0.15) is 53.1 Å². The minimum atomic E-state index is 0. The minimum Gasteiger partial charge on any atom is -0.319 e. The van der Waals surface area contributed by atoms with Crippen molar-refractivity contribution >= 4 is 21.8 Å². The first-order valence-corrected chi connectivity index (χ1v) is 17.6. The van der Waals surface area contributed by atoms with Crippen LogP contribution >= 0.6 is 0 Å². The van der Waals surface area contributed by atoms with E-state index in [9.17, 15) is 0 Å². The summed E-state index contributed by atoms with van der Waals surface area (Å²) in [7, 11) is 0. The van der Waals surface area contributed by atoms with Crippen molar-refractivity contribution in [2.45, 2.75) is 25.7 Å². The van der Waals surface area contributed by atoms with Crippen LogP contribution in [0.2, 0.25) is 0 Å². The Morgan fingerprint density at radius 3 is 2.06 bits per heavy atom. The normalized spacial score (nSPS) is 10.8. The molecule has 0 amide bonds. The van der Waals surface area contributed by atoms with Gasteiger partial charge in [0.15, 0.2) is 0 Å². The number of fused-ring (bicyclic) bond motifs is 3. The van der Waals surface area contributed by atoms with Gasteiger partial charge >= 0.3 is 20.1 Å². The van der Waals surface area contributed by atoms with Crippen LogP contribution in [0.15, 0.2) is 170 Å². The van der Waals surface area contributed by atoms with E-state index in [1.807, 2.05) is 83.9 Å². The minimum absolute atomic E-state index is 0. The fraction of sp³-hybridized carbons (Fsp3) is 0.0851. The van der Waals surface area contributed by atoms with Gasteiger partial charge in [-0.3, -0.25) is 4.68 Å². The van der Waals surface area contributed by atoms with Gasteiger partial charge in [0.25, 0.3) is 0 Å². The molecule has 0 fully saturated rings. The van der Waals surface area contributed by atoms with Crippen LogP contribution in [-0.2, 0) is 45.8 Å². The summed E-state index contributed by atoms with van der Waals surface area (Å²) in [4.78, 5) is 9.09. The third-order valence-electron chi connectivity index (χ3n) is 9.19. The number of nitrogens with zero attached hydrogens (tertiary/aromatic N) is 5. The smallest absolute Gasteiger partial charge is 0.319 e. The third kappa shape index (κ3) is 8.42. The first-order valence-electron chi connectivity index (χ1n) is 17.6. The van der Waals surface area contributed by atoms with Gasteiger partial charge in [0.05, 0.1) is 0 Å². The fourth-order valence-electron chi connectivity index (χ4n) is 6.53. The van der Waals surface area contributed by atoms with Gasteiger partial charge in [-0.25, -0.2) is 4.98 Å². The summed E-state index contributed by atoms with van der Waals surface area (Å²) >= 11 is 0. The third-order valence-corrected chi connectivity index (χ3v) is 9.19. The van der Waals surface area contributed by atoms with Crippen LogP contribution in [0, 0.1) is 18.2 Å². The van der Waals surface area contributed by atoms with Gasteiger partial charge in [-0.05, 0) is 77.0 Å². The van der Waals surface area contributed by atoms with E-state index in [1.54, 1.807) is 6.20 Å². The van der Waals surface area contributed by atoms with Gasteiger partial charge in [0, 0.05) is 30.3 Å². The number of aromatic nitrogens is 5. The molecular weight excluding hydrogens is 827 g/mol. The molecule has 9 aromatic rings. The van der Waals surface area contributed by atoms with Crippen LogP contribution in [0.5, 0.6) is 0 Å². The molecule has 0 atom stereocenters. The average Bonchev–Trinajstić information content (AvgIpc) is 3.88. The van der Waals surface area contributed by atoms with Crippen molar-refractivity contribution in [1.29, 1.82) is 0 Å². The molecule has 0 saturated heterocycles. The maximum Gasteiger partial charge on any atom is 3.00 e. The monoisotopic (exact) mass is 863 g/mol. The Kier molecular flexibility index (Phi) is 11.4. The number of para-hydroxylation sites is 2. The van der Waals surface area contributed by atoms with Crippen LogP contribution < -0.4 is 0 Å². The van der Waals surface area contributed by atoms with Crippen LogP contribution in [-0.4, -0.2) is 24.3 Å². The van der Waals surface area contributed by atoms with Crippen LogP contribution in [0.25, 0.3) is 44.6 Å². The Balaban J connectivity index is 0.000000184. The molecule has 9 rings (SSSR count). The molecule has 0 spiro atoms. The first-order chi connectivity index (χ1) is 25.8. The molecular formula is C47H36IrN5. The molecule has 0 aliphatic heterocycles. The Labute approximate surface area is 324 Å². The summed E-state index contributed by atoms with van der Waals surface area (Å²) in [6, 6.07) is 59.8. The van der Waals surface area contributed by atoms with Crippen LogP contribution in [0.4, 0.5) is 0 Å². The quantitative estimate of drug-likeness (QED) is 0.136. The number of benzene rings is 5. The van der Waals surface area contributed by atoms with E-state index in [0.29, 0.717) is 0 Å². The SMILES string of the molecule is [Ir+3].[c-]1cccc2c3ccccc3n(-c3ccccn3)c12.[c-]1ccccc1-c1ccc(CCc2cccc(CCc3c[c-]c(-n4cccn4)cc3)c2)cn1. The molecule has 258 valence electrons. The van der Waals surface area contributed by atoms with E-state index in [2.05, 4.69) is 123 Å². The zero-order valence-electron chi connectivity index (χ0n) is 29.1. The van der Waals surface area contributed by atoms with E-state index in [4.69, 9.17) is 0 Å². The fourth-order valence-corrected chi connectivity index (χ4v) is 6.53. The standard InChI is InChI=1S/C30H25N3.C17H11N2.Ir/c1-2-8-28(9-3-1)30-19-16-27(23-31-30)13-12-26-7-4-6-25(22-26)11-10-24-14-17-29(18-15-24)33-21-5-20-32-33;1-3-9-15-13(7-1)14-8-2-4-10-16(14)19(15)17-11-5-6-12-18-17;/h1-8,14-17,19-23H,10-13H2;1-9,11-12H;/q-2;-1;+3. The summed E-state index contributed by atoms with van der Waals surface area (Å²) in [5, 5.41) is 6.70. The zero-order chi connectivity index (χ0) is 35.0. The average molecular weight is 863 g/mol. The molecule has 0 aliphatic rings. The van der Waals surface area contributed by atoms with Crippen LogP contribution in [0.3, 0.4) is 0 Å². The van der Waals surface area contributed by atoms with E-state index >= 15 is 0 Å². The molecule has 0 N–H and O–H groups in total. The van der Waals surface area contributed by atoms with E-state index in [0.717, 1.165) is 54.0 Å². The van der Waals surface area contributed by atoms with Crippen molar-refractivity contribution in [1.82, 2.24) is 24.3 Å². The van der Waals surface area contributed by atoms with Crippen molar-refractivity contribution in [3.8, 4) is 22.8 Å². The van der Waals surface area contributed by atoms with Gasteiger partial charge in [-0.15, -0.1) is 47.3 Å². The predicted molar refractivity (Wildman–Crippen MR) is 210 cm³/mol. The first kappa shape index (κ1) is 35.5. The Morgan fingerprint density at radius 1 is 0.547 bits per heavy atom. The van der Waals surface area contributed by atoms with Gasteiger partial charge in [0.2, 0.25) is 0 Å². The Morgan fingerprint density at radius 2 is 1.32 bits per heavy atom. The Bertz CT molecular complexity index is 2440. The molecule has 5 nitrogen and oxygen atoms in total. The largest absolute Gasteiger partial charge is 3.00 e. The van der Waals surface area contributed by atoms with Crippen molar-refractivity contribution in [3.63, 3.8) is 0 Å². The van der Waals surface area contributed by atoms with Gasteiger partial charge in [-0.1, -0.05) is 72.6 Å². The summed E-state index contributed by atoms with van der Waals surface area (Å²) < 4.78 is 3.99. The summed E-state index contributed by atoms with van der Waals surface area (Å²) in [6.07, 6.45) is 11.5. The van der Waals surface area contributed by atoms with Crippen LogP contribution in [0.1, 0.15) is 22.3 Å². The van der Waals surface area contributed by atoms with E-state index < -0.39 is 0 Å². The zero-order valence-corrected chi connectivity index (χ0v) is 31.5. The second-order valence-corrected chi connectivity index (χ2v) is 12.7. The van der Waals surface area contributed by atoms with Crippen molar-refractivity contribution < 1.29 is 20.1 Å². The second kappa shape index (κ2) is 17.1. The predicted octanol–water partition coefficient (Wildman–Crippen LogP) is 10.1. The van der Waals surface area contributed by atoms with Crippen molar-refractivity contribution in [2.24, 2.45) is 0 Å². The summed E-state index contributed by atoms with van der Waals surface area (Å²) in [6.45, 7) is 0. The number of aryl methyl sites for hydroxylation is 4. The second-order valence-electron chi connectivity index (χ2n) is 12.7. The Hall–Kier alpha value is -5.94. The van der Waals surface area contributed by atoms with E-state index in [-0.39, 0.29) is 20.1 Å². The number of rotatable bonds is 9. The molecule has 0 radical (unpaired) electrons. The molecule has 0 aliphatic carbocycles. The molecule has 53 heavy (non-hydrogen) atoms. The maximum atomic E-state index is 4.62. The number of pyridine rings is 2. The van der Waals surface area contributed by atoms with Crippen molar-refractivity contribution in [2.75, 3.05) is 0 Å². The molecule has 0 unspecified atom stereocenters. The summed E-state index contributed by atoms with van der Waals surface area (Å²) in [5.74, 6) is 0.927. The van der Waals surface area contributed by atoms with Crippen molar-refractivity contribution in [3.05, 3.63) is 211 Å². The molecule has 0 saturated carbocycles. The molecule has 5 aromatic carbocycles. The number of hydrogen-bond acceptors (Lipinski definition) is 3. The molecule has 4 aromatic heterocycles. The van der Waals surface area contributed by atoms with Gasteiger partial charge < -0.3 is 9.55 Å². The topological polar surface area (TPSA) is 48.5 Å². The molecule has 4 heterocycles. The number of hydrogen-bond donors (Lipinski definition) is 0. The summed E-state index contributed by atoms with van der Waals surface area (Å²) in [5.41, 5.74) is 10.5. The molecule has 0 bridgehead atoms. The van der Waals surface area contributed by atoms with Gasteiger partial charge in [0.1, 0.15) is 5.82 Å². The maximum absolute atomic E-state index is 4.62. The van der Waals surface area contributed by atoms with E-state index in [1.165, 1.54) is 38.5 Å².